The number of para-hydroxylation sites is 1. The number of aromatic hydroxyl groups is 1. The van der Waals surface area contributed by atoms with Gasteiger partial charge in [-0.25, -0.2) is 0 Å². The van der Waals surface area contributed by atoms with Crippen LogP contribution in [0.5, 0.6) is 5.75 Å². The van der Waals surface area contributed by atoms with Gasteiger partial charge in [-0.3, -0.25) is 4.79 Å². The van der Waals surface area contributed by atoms with Crippen molar-refractivity contribution in [3.05, 3.63) is 35.9 Å². The summed E-state index contributed by atoms with van der Waals surface area (Å²) >= 11 is 0. The second-order valence-corrected chi connectivity index (χ2v) is 3.29. The highest BCUT2D eigenvalue weighted by Crippen LogP contribution is 2.22. The number of nitrogens with one attached hydrogen (secondary N) is 2. The van der Waals surface area contributed by atoms with E-state index >= 15 is 0 Å². The average Bonchev–Trinajstić information content (AvgIpc) is 2.43. The molecule has 15 heavy (non-hydrogen) atoms. The molecule has 1 amide bonds. The lowest BCUT2D eigenvalue weighted by Gasteiger charge is -2.09. The third-order valence-electron chi connectivity index (χ3n) is 2.21. The first-order valence-electron chi connectivity index (χ1n) is 4.79. The Balaban J connectivity index is 2.37. The molecule has 1 heterocycles. The molecule has 1 aromatic rings. The Kier molecular flexibility index (Phi) is 2.58. The summed E-state index contributed by atoms with van der Waals surface area (Å²) in [5.41, 5.74) is 1.30. The van der Waals surface area contributed by atoms with Crippen LogP contribution in [-0.4, -0.2) is 24.1 Å². The molecule has 4 nitrogen and oxygen atoms in total. The van der Waals surface area contributed by atoms with Crippen molar-refractivity contribution in [3.63, 3.8) is 0 Å². The van der Waals surface area contributed by atoms with Gasteiger partial charge in [-0.2, -0.15) is 0 Å². The molecule has 2 rings (SSSR count). The summed E-state index contributed by atoms with van der Waals surface area (Å²) in [4.78, 5) is 11.3. The minimum atomic E-state index is -0.141. The van der Waals surface area contributed by atoms with E-state index in [-0.39, 0.29) is 11.7 Å². The van der Waals surface area contributed by atoms with Crippen LogP contribution in [0.25, 0.3) is 5.70 Å². The fraction of sp³-hybridized carbons (Fsp3) is 0.182. The highest BCUT2D eigenvalue weighted by molar-refractivity contribution is 5.95. The number of hydrogen-bond acceptors (Lipinski definition) is 3. The molecule has 0 fully saturated rings. The molecule has 1 aromatic carbocycles. The lowest BCUT2D eigenvalue weighted by molar-refractivity contribution is -0.116. The van der Waals surface area contributed by atoms with Gasteiger partial charge in [-0.15, -0.1) is 0 Å². The summed E-state index contributed by atoms with van der Waals surface area (Å²) in [5.74, 6) is 0.0317. The Morgan fingerprint density at radius 1 is 1.13 bits per heavy atom. The van der Waals surface area contributed by atoms with Crippen molar-refractivity contribution in [2.24, 2.45) is 0 Å². The molecular formula is C11H12N2O2. The van der Waals surface area contributed by atoms with Gasteiger partial charge < -0.3 is 15.7 Å². The Morgan fingerprint density at radius 3 is 2.67 bits per heavy atom. The van der Waals surface area contributed by atoms with E-state index < -0.39 is 0 Å². The van der Waals surface area contributed by atoms with E-state index in [0.717, 1.165) is 0 Å². The maximum Gasteiger partial charge on any atom is 0.246 e. The Labute approximate surface area is 87.6 Å². The van der Waals surface area contributed by atoms with Crippen LogP contribution >= 0.6 is 0 Å². The zero-order chi connectivity index (χ0) is 10.7. The van der Waals surface area contributed by atoms with Crippen molar-refractivity contribution in [1.82, 2.24) is 10.6 Å². The minimum Gasteiger partial charge on any atom is -0.507 e. The molecule has 0 radical (unpaired) electrons. The van der Waals surface area contributed by atoms with Crippen LogP contribution in [0.1, 0.15) is 5.56 Å². The first-order chi connectivity index (χ1) is 7.27. The molecule has 0 unspecified atom stereocenters. The van der Waals surface area contributed by atoms with Gasteiger partial charge in [0.2, 0.25) is 5.91 Å². The van der Waals surface area contributed by atoms with Crippen LogP contribution in [0.3, 0.4) is 0 Å². The first kappa shape index (κ1) is 9.58. The number of phenolic OH excluding ortho intramolecular Hbond substituents is 1. The van der Waals surface area contributed by atoms with E-state index in [1.807, 2.05) is 6.07 Å². The summed E-state index contributed by atoms with van der Waals surface area (Å²) in [5, 5.41) is 15.4. The van der Waals surface area contributed by atoms with Crippen molar-refractivity contribution in [3.8, 4) is 5.75 Å². The van der Waals surface area contributed by atoms with Gasteiger partial charge in [0.15, 0.2) is 0 Å². The van der Waals surface area contributed by atoms with Crippen molar-refractivity contribution in [2.75, 3.05) is 13.1 Å². The topological polar surface area (TPSA) is 61.4 Å². The largest absolute Gasteiger partial charge is 0.507 e. The summed E-state index contributed by atoms with van der Waals surface area (Å²) < 4.78 is 0. The molecule has 0 bridgehead atoms. The number of hydrogen-bond donors (Lipinski definition) is 3. The molecule has 78 valence electrons. The van der Waals surface area contributed by atoms with Crippen LogP contribution in [0.2, 0.25) is 0 Å². The average molecular weight is 204 g/mol. The van der Waals surface area contributed by atoms with Crippen LogP contribution in [0.4, 0.5) is 0 Å². The highest BCUT2D eigenvalue weighted by Gasteiger charge is 2.10. The smallest absolute Gasteiger partial charge is 0.246 e. The lowest BCUT2D eigenvalue weighted by Crippen LogP contribution is -2.25. The maximum absolute atomic E-state index is 11.3. The van der Waals surface area contributed by atoms with E-state index in [4.69, 9.17) is 0 Å². The van der Waals surface area contributed by atoms with Gasteiger partial charge >= 0.3 is 0 Å². The van der Waals surface area contributed by atoms with E-state index in [0.29, 0.717) is 24.4 Å². The lowest BCUT2D eigenvalue weighted by atomic mass is 10.1. The first-order valence-corrected chi connectivity index (χ1v) is 4.79. The van der Waals surface area contributed by atoms with E-state index in [9.17, 15) is 9.90 Å². The fourth-order valence-corrected chi connectivity index (χ4v) is 1.49. The van der Waals surface area contributed by atoms with Crippen LogP contribution in [0, 0.1) is 0 Å². The molecule has 0 spiro atoms. The quantitative estimate of drug-likeness (QED) is 0.622. The van der Waals surface area contributed by atoms with Crippen molar-refractivity contribution >= 4 is 11.6 Å². The Morgan fingerprint density at radius 2 is 1.87 bits per heavy atom. The molecule has 3 N–H and O–H groups in total. The van der Waals surface area contributed by atoms with Crippen LogP contribution in [-0.2, 0) is 4.79 Å². The van der Waals surface area contributed by atoms with Gasteiger partial charge in [0.25, 0.3) is 0 Å². The normalized spacial score (nSPS) is 16.0. The van der Waals surface area contributed by atoms with Gasteiger partial charge in [0.05, 0.1) is 5.70 Å². The fourth-order valence-electron chi connectivity index (χ4n) is 1.49. The number of rotatable bonds is 1. The highest BCUT2D eigenvalue weighted by atomic mass is 16.3. The van der Waals surface area contributed by atoms with Crippen LogP contribution in [0.15, 0.2) is 30.3 Å². The number of phenols is 1. The van der Waals surface area contributed by atoms with E-state index in [1.54, 1.807) is 18.2 Å². The number of carbonyl (C=O) groups excluding carboxylic acids is 1. The molecular weight excluding hydrogens is 192 g/mol. The molecule has 1 aliphatic heterocycles. The van der Waals surface area contributed by atoms with Crippen molar-refractivity contribution < 1.29 is 9.90 Å². The molecule has 1 aliphatic rings. The predicted octanol–water partition coefficient (Wildman–Crippen LogP) is 0.453. The monoisotopic (exact) mass is 204 g/mol. The zero-order valence-electron chi connectivity index (χ0n) is 8.16. The predicted molar refractivity (Wildman–Crippen MR) is 57.1 cm³/mol. The second kappa shape index (κ2) is 4.04. The van der Waals surface area contributed by atoms with Gasteiger partial charge in [-0.1, -0.05) is 12.1 Å². The zero-order valence-corrected chi connectivity index (χ0v) is 8.16. The molecule has 0 aromatic heterocycles. The summed E-state index contributed by atoms with van der Waals surface area (Å²) in [7, 11) is 0. The summed E-state index contributed by atoms with van der Waals surface area (Å²) in [6, 6.07) is 6.93. The van der Waals surface area contributed by atoms with Gasteiger partial charge in [-0.05, 0) is 12.1 Å². The van der Waals surface area contributed by atoms with Gasteiger partial charge in [0.1, 0.15) is 5.75 Å². The van der Waals surface area contributed by atoms with E-state index in [1.165, 1.54) is 6.08 Å². The third kappa shape index (κ3) is 2.10. The van der Waals surface area contributed by atoms with Gasteiger partial charge in [0, 0.05) is 24.7 Å². The number of carbonyl (C=O) groups is 1. The Hall–Kier alpha value is -1.97. The molecule has 4 heteroatoms. The minimum absolute atomic E-state index is 0.141. The summed E-state index contributed by atoms with van der Waals surface area (Å²) in [6.45, 7) is 1.25. The number of amides is 1. The molecule has 0 saturated heterocycles. The standard InChI is InChI=1S/C11H12N2O2/c14-10-4-2-1-3-8(10)9-7-11(15)13-6-5-12-9/h1-4,7,12,14H,5-6H2,(H,13,15). The Bertz CT molecular complexity index is 413. The van der Waals surface area contributed by atoms with Crippen LogP contribution < -0.4 is 10.6 Å². The van der Waals surface area contributed by atoms with E-state index in [2.05, 4.69) is 10.6 Å². The van der Waals surface area contributed by atoms with Crippen molar-refractivity contribution in [1.29, 1.82) is 0 Å². The molecule has 0 saturated carbocycles. The molecule has 0 aliphatic carbocycles. The SMILES string of the molecule is O=C1C=C(c2ccccc2O)NCCN1. The number of benzene rings is 1. The van der Waals surface area contributed by atoms with Crippen molar-refractivity contribution in [2.45, 2.75) is 0 Å². The summed E-state index contributed by atoms with van der Waals surface area (Å²) in [6.07, 6.45) is 1.46. The molecule has 0 atom stereocenters. The maximum atomic E-state index is 11.3. The third-order valence-corrected chi connectivity index (χ3v) is 2.21. The second-order valence-electron chi connectivity index (χ2n) is 3.29.